The van der Waals surface area contributed by atoms with Gasteiger partial charge in [-0.1, -0.05) is 55.2 Å². The Kier molecular flexibility index (Phi) is 7.68. The fourth-order valence-electron chi connectivity index (χ4n) is 4.84. The van der Waals surface area contributed by atoms with E-state index in [1.54, 1.807) is 0 Å². The molecule has 6 nitrogen and oxygen atoms in total. The average molecular weight is 501 g/mol. The Labute approximate surface area is 201 Å². The summed E-state index contributed by atoms with van der Waals surface area (Å²) >= 11 is 12.0. The number of hydrazine groups is 1. The molecule has 0 saturated carbocycles. The van der Waals surface area contributed by atoms with E-state index in [0.717, 1.165) is 6.07 Å². The molecule has 7 N–H and O–H groups in total. The molecule has 0 spiro atoms. The molecular weight excluding hydrogens is 473 g/mol. The van der Waals surface area contributed by atoms with Crippen LogP contribution >= 0.6 is 23.2 Å². The molecule has 1 heterocycles. The van der Waals surface area contributed by atoms with E-state index in [1.807, 2.05) is 13.8 Å². The van der Waals surface area contributed by atoms with Gasteiger partial charge in [0.1, 0.15) is 17.7 Å². The topological polar surface area (TPSA) is 113 Å². The number of nitrogens with two attached hydrogens (primary N) is 2. The number of carboxylic acid groups (broad SMARTS) is 1. The Morgan fingerprint density at radius 1 is 1.27 bits per heavy atom. The van der Waals surface area contributed by atoms with Gasteiger partial charge in [0.25, 0.3) is 0 Å². The van der Waals surface area contributed by atoms with Crippen molar-refractivity contribution in [1.82, 2.24) is 10.7 Å². The number of rotatable bonds is 8. The first-order valence-electron chi connectivity index (χ1n) is 10.5. The summed E-state index contributed by atoms with van der Waals surface area (Å²) in [6, 6.07) is 6.34. The highest BCUT2D eigenvalue weighted by Gasteiger charge is 2.58. The smallest absolute Gasteiger partial charge is 0.321 e. The summed E-state index contributed by atoms with van der Waals surface area (Å²) < 4.78 is 30.5. The van der Waals surface area contributed by atoms with Gasteiger partial charge >= 0.3 is 5.97 Å². The van der Waals surface area contributed by atoms with Crippen LogP contribution in [-0.2, 0) is 10.3 Å². The maximum absolute atomic E-state index is 15.3. The first kappa shape index (κ1) is 25.8. The third-order valence-electron chi connectivity index (χ3n) is 6.49. The Morgan fingerprint density at radius 3 is 2.58 bits per heavy atom. The summed E-state index contributed by atoms with van der Waals surface area (Å²) in [6.07, 6.45) is 1.02. The lowest BCUT2D eigenvalue weighted by Gasteiger charge is -2.40. The first-order valence-corrected chi connectivity index (χ1v) is 11.3. The summed E-state index contributed by atoms with van der Waals surface area (Å²) in [5.74, 6) is 1.56. The molecule has 1 saturated heterocycles. The fourth-order valence-corrected chi connectivity index (χ4v) is 5.18. The lowest BCUT2D eigenvalue weighted by Crippen LogP contribution is -2.52. The molecule has 33 heavy (non-hydrogen) atoms. The minimum Gasteiger partial charge on any atom is -0.480 e. The number of carbonyl (C=O) groups is 1. The third-order valence-corrected chi connectivity index (χ3v) is 7.02. The van der Waals surface area contributed by atoms with Gasteiger partial charge in [-0.25, -0.2) is 8.78 Å². The zero-order valence-electron chi connectivity index (χ0n) is 18.3. The molecule has 4 atom stereocenters. The van der Waals surface area contributed by atoms with Crippen molar-refractivity contribution >= 4 is 29.2 Å². The molecule has 0 aromatic heterocycles. The van der Waals surface area contributed by atoms with Gasteiger partial charge in [0.05, 0.1) is 10.6 Å². The van der Waals surface area contributed by atoms with Crippen LogP contribution in [0.3, 0.4) is 0 Å². The van der Waals surface area contributed by atoms with Crippen molar-refractivity contribution in [3.63, 3.8) is 0 Å². The molecular formula is C23H28Cl2F2N4O2. The van der Waals surface area contributed by atoms with Crippen molar-refractivity contribution in [2.75, 3.05) is 6.54 Å². The normalized spacial score (nSPS) is 25.4. The molecule has 2 aromatic rings. The van der Waals surface area contributed by atoms with Crippen molar-refractivity contribution in [3.8, 4) is 0 Å². The molecule has 1 aliphatic rings. The lowest BCUT2D eigenvalue weighted by atomic mass is 9.67. The largest absolute Gasteiger partial charge is 0.480 e. The highest BCUT2D eigenvalue weighted by molar-refractivity contribution is 6.31. The van der Waals surface area contributed by atoms with Crippen molar-refractivity contribution in [1.29, 1.82) is 0 Å². The number of benzene rings is 2. The van der Waals surface area contributed by atoms with Crippen LogP contribution in [0, 0.1) is 17.0 Å². The van der Waals surface area contributed by atoms with Gasteiger partial charge in [-0.15, -0.1) is 0 Å². The van der Waals surface area contributed by atoms with E-state index in [1.165, 1.54) is 30.3 Å². The van der Waals surface area contributed by atoms with Gasteiger partial charge in [0.15, 0.2) is 0 Å². The monoisotopic (exact) mass is 500 g/mol. The number of nitrogens with one attached hydrogen (secondary N) is 2. The van der Waals surface area contributed by atoms with Crippen LogP contribution in [0.25, 0.3) is 0 Å². The number of hydrogen-bond donors (Lipinski definition) is 5. The van der Waals surface area contributed by atoms with Crippen LogP contribution in [0.5, 0.6) is 0 Å². The van der Waals surface area contributed by atoms with Crippen LogP contribution in [-0.4, -0.2) is 29.7 Å². The van der Waals surface area contributed by atoms with Crippen molar-refractivity contribution < 1.29 is 18.7 Å². The van der Waals surface area contributed by atoms with E-state index in [-0.39, 0.29) is 26.6 Å². The van der Waals surface area contributed by atoms with Gasteiger partial charge in [-0.3, -0.25) is 21.4 Å². The maximum atomic E-state index is 15.3. The van der Waals surface area contributed by atoms with Gasteiger partial charge in [0, 0.05) is 29.1 Å². The second-order valence-electron chi connectivity index (χ2n) is 9.29. The Balaban J connectivity index is 2.23. The predicted molar refractivity (Wildman–Crippen MR) is 125 cm³/mol. The zero-order valence-corrected chi connectivity index (χ0v) is 19.9. The molecule has 0 amide bonds. The summed E-state index contributed by atoms with van der Waals surface area (Å²) in [4.78, 5) is 12.3. The second-order valence-corrected chi connectivity index (χ2v) is 10.1. The third kappa shape index (κ3) is 5.01. The summed E-state index contributed by atoms with van der Waals surface area (Å²) in [5, 5.41) is 13.1. The molecule has 1 fully saturated rings. The minimum atomic E-state index is -1.63. The molecule has 1 aliphatic heterocycles. The highest BCUT2D eigenvalue weighted by Crippen LogP contribution is 2.50. The fraction of sp³-hybridized carbons (Fsp3) is 0.435. The van der Waals surface area contributed by atoms with E-state index in [9.17, 15) is 9.90 Å². The van der Waals surface area contributed by atoms with Crippen molar-refractivity contribution in [3.05, 3.63) is 69.2 Å². The van der Waals surface area contributed by atoms with Crippen LogP contribution in [0.2, 0.25) is 10.0 Å². The van der Waals surface area contributed by atoms with Gasteiger partial charge in [-0.05, 0) is 42.0 Å². The van der Waals surface area contributed by atoms with Crippen LogP contribution in [0.15, 0.2) is 36.4 Å². The molecule has 180 valence electrons. The molecule has 3 rings (SSSR count). The SMILES string of the molecule is CC(C)(CCNN)CC1NC(C(=O)O)C(c2cccc(Cl)c2F)C1(N)c1ccc(Cl)cc1F. The summed E-state index contributed by atoms with van der Waals surface area (Å²) in [5.41, 5.74) is 7.65. The van der Waals surface area contributed by atoms with E-state index < -0.39 is 41.1 Å². The summed E-state index contributed by atoms with van der Waals surface area (Å²) in [7, 11) is 0. The van der Waals surface area contributed by atoms with E-state index >= 15 is 8.78 Å². The van der Waals surface area contributed by atoms with Gasteiger partial charge < -0.3 is 10.8 Å². The number of aliphatic carboxylic acids is 1. The molecule has 10 heteroatoms. The number of carboxylic acids is 1. The second kappa shape index (κ2) is 9.82. The minimum absolute atomic E-state index is 0.00295. The van der Waals surface area contributed by atoms with E-state index in [4.69, 9.17) is 34.8 Å². The Hall–Kier alpha value is -1.81. The highest BCUT2D eigenvalue weighted by atomic mass is 35.5. The molecule has 0 bridgehead atoms. The van der Waals surface area contributed by atoms with Crippen LogP contribution in [0.1, 0.15) is 43.7 Å². The molecule has 0 aliphatic carbocycles. The van der Waals surface area contributed by atoms with E-state index in [2.05, 4.69) is 10.7 Å². The van der Waals surface area contributed by atoms with Crippen molar-refractivity contribution in [2.24, 2.45) is 17.0 Å². The van der Waals surface area contributed by atoms with Gasteiger partial charge in [0.2, 0.25) is 0 Å². The van der Waals surface area contributed by atoms with Crippen LogP contribution in [0.4, 0.5) is 8.78 Å². The Morgan fingerprint density at radius 2 is 1.97 bits per heavy atom. The molecule has 2 aromatic carbocycles. The lowest BCUT2D eigenvalue weighted by molar-refractivity contribution is -0.139. The molecule has 0 radical (unpaired) electrons. The van der Waals surface area contributed by atoms with Crippen LogP contribution < -0.4 is 22.3 Å². The quantitative estimate of drug-likeness (QED) is 0.277. The summed E-state index contributed by atoms with van der Waals surface area (Å²) in [6.45, 7) is 4.47. The first-order chi connectivity index (χ1) is 15.4. The maximum Gasteiger partial charge on any atom is 0.321 e. The standard InChI is InChI=1S/C23H28Cl2F2N4O2/c1-22(2,8-9-30-29)11-17-23(28,14-7-6-12(24)10-16(14)26)18(20(31-17)21(32)33)13-4-3-5-15(25)19(13)27/h3-7,10,17-18,20,30-31H,8-9,11,28-29H2,1-2H3,(H,32,33). The Bertz CT molecular complexity index is 1040. The number of hydrogen-bond acceptors (Lipinski definition) is 5. The molecule has 4 unspecified atom stereocenters. The number of halogens is 4. The van der Waals surface area contributed by atoms with Crippen molar-refractivity contribution in [2.45, 2.75) is 50.2 Å². The van der Waals surface area contributed by atoms with Gasteiger partial charge in [-0.2, -0.15) is 0 Å². The predicted octanol–water partition coefficient (Wildman–Crippen LogP) is 3.90. The zero-order chi connectivity index (χ0) is 24.6. The average Bonchev–Trinajstić information content (AvgIpc) is 3.01. The van der Waals surface area contributed by atoms with E-state index in [0.29, 0.717) is 19.4 Å².